The van der Waals surface area contributed by atoms with Gasteiger partial charge in [-0.1, -0.05) is 66.7 Å². The molecule has 42 heavy (non-hydrogen) atoms. The largest absolute Gasteiger partial charge is 0.331 e. The molecule has 2 fully saturated rings. The molecule has 2 atom stereocenters. The number of hydrogen-bond acceptors (Lipinski definition) is 4. The minimum atomic E-state index is -0.459. The summed E-state index contributed by atoms with van der Waals surface area (Å²) >= 11 is 0. The van der Waals surface area contributed by atoms with Crippen LogP contribution in [-0.2, 0) is 25.6 Å². The third-order valence-electron chi connectivity index (χ3n) is 7.86. The van der Waals surface area contributed by atoms with Crippen molar-refractivity contribution in [1.29, 1.82) is 0 Å². The molecule has 0 saturated carbocycles. The summed E-state index contributed by atoms with van der Waals surface area (Å²) in [5.74, 6) is -0.415. The number of carbonyl (C=O) groups excluding carboxylic acids is 4. The second-order valence-electron chi connectivity index (χ2n) is 10.8. The number of rotatable bonds is 8. The molecule has 4 amide bonds. The number of nitrogens with zero attached hydrogens (tertiary/aromatic N) is 2. The first-order valence-corrected chi connectivity index (χ1v) is 14.5. The molecule has 0 bridgehead atoms. The van der Waals surface area contributed by atoms with Gasteiger partial charge in [-0.3, -0.25) is 19.2 Å². The van der Waals surface area contributed by atoms with E-state index < -0.39 is 12.1 Å². The summed E-state index contributed by atoms with van der Waals surface area (Å²) in [5, 5.41) is 5.89. The number of likely N-dealkylation sites (tertiary alicyclic amines) is 2. The standard InChI is InChI=1S/C34H36N4O4/c1-24(39)37-21-5-9-30(37)33(41)35-28-17-13-25(14-18-28)11-12-26-15-19-29(20-16-26)36-34(42)31-10-6-22-38(31)32(40)23-27-7-3-2-4-8-27/h2-4,7-8,11-20,30-31H,5-6,9-10,21-23H2,1H3,(H,35,41)(H,36,42)/t30-,31-/m0/s1. The van der Waals surface area contributed by atoms with E-state index in [-0.39, 0.29) is 23.6 Å². The Morgan fingerprint density at radius 2 is 1.17 bits per heavy atom. The van der Waals surface area contributed by atoms with Gasteiger partial charge in [-0.15, -0.1) is 0 Å². The first kappa shape index (κ1) is 28.8. The lowest BCUT2D eigenvalue weighted by Crippen LogP contribution is -2.43. The SMILES string of the molecule is CC(=O)N1CCC[C@H]1C(=O)Nc1ccc(C=Cc2ccc(NC(=O)[C@@H]3CCCN3C(=O)Cc3ccccc3)cc2)cc1. The zero-order chi connectivity index (χ0) is 29.5. The van der Waals surface area contributed by atoms with E-state index in [0.29, 0.717) is 43.7 Å². The molecule has 0 aromatic heterocycles. The van der Waals surface area contributed by atoms with E-state index in [1.807, 2.05) is 91.0 Å². The van der Waals surface area contributed by atoms with Crippen LogP contribution >= 0.6 is 0 Å². The van der Waals surface area contributed by atoms with Crippen LogP contribution in [0.1, 0.15) is 49.3 Å². The molecule has 2 heterocycles. The maximum atomic E-state index is 13.0. The molecule has 0 aliphatic carbocycles. The number of carbonyl (C=O) groups is 4. The van der Waals surface area contributed by atoms with Gasteiger partial charge in [0.1, 0.15) is 12.1 Å². The fraction of sp³-hybridized carbons (Fsp3) is 0.294. The molecular weight excluding hydrogens is 528 g/mol. The van der Waals surface area contributed by atoms with Crippen LogP contribution in [0.15, 0.2) is 78.9 Å². The second-order valence-corrected chi connectivity index (χ2v) is 10.8. The summed E-state index contributed by atoms with van der Waals surface area (Å²) in [6.07, 6.45) is 7.24. The fourth-order valence-electron chi connectivity index (χ4n) is 5.62. The van der Waals surface area contributed by atoms with Crippen LogP contribution in [-0.4, -0.2) is 58.6 Å². The Morgan fingerprint density at radius 1 is 0.690 bits per heavy atom. The molecule has 216 valence electrons. The van der Waals surface area contributed by atoms with Crippen LogP contribution < -0.4 is 10.6 Å². The minimum absolute atomic E-state index is 0.0248. The molecule has 2 aliphatic heterocycles. The Kier molecular flexibility index (Phi) is 9.12. The highest BCUT2D eigenvalue weighted by atomic mass is 16.2. The number of anilines is 2. The maximum Gasteiger partial charge on any atom is 0.247 e. The average molecular weight is 565 g/mol. The summed E-state index contributed by atoms with van der Waals surface area (Å²) < 4.78 is 0. The van der Waals surface area contributed by atoms with Crippen molar-refractivity contribution in [2.75, 3.05) is 23.7 Å². The number of nitrogens with one attached hydrogen (secondary N) is 2. The van der Waals surface area contributed by atoms with E-state index in [1.165, 1.54) is 6.92 Å². The van der Waals surface area contributed by atoms with Gasteiger partial charge >= 0.3 is 0 Å². The van der Waals surface area contributed by atoms with Crippen LogP contribution in [0.2, 0.25) is 0 Å². The molecule has 3 aromatic rings. The monoisotopic (exact) mass is 564 g/mol. The van der Waals surface area contributed by atoms with E-state index in [0.717, 1.165) is 29.5 Å². The van der Waals surface area contributed by atoms with Crippen molar-refractivity contribution in [2.45, 2.75) is 51.1 Å². The molecule has 0 spiro atoms. The van der Waals surface area contributed by atoms with Crippen molar-refractivity contribution >= 4 is 47.2 Å². The van der Waals surface area contributed by atoms with Crippen molar-refractivity contribution < 1.29 is 19.2 Å². The van der Waals surface area contributed by atoms with Crippen molar-refractivity contribution in [3.05, 3.63) is 95.6 Å². The zero-order valence-electron chi connectivity index (χ0n) is 23.8. The fourth-order valence-corrected chi connectivity index (χ4v) is 5.62. The van der Waals surface area contributed by atoms with Crippen molar-refractivity contribution in [3.63, 3.8) is 0 Å². The summed E-state index contributed by atoms with van der Waals surface area (Å²) in [7, 11) is 0. The van der Waals surface area contributed by atoms with E-state index in [9.17, 15) is 19.2 Å². The highest BCUT2D eigenvalue weighted by Gasteiger charge is 2.34. The minimum Gasteiger partial charge on any atom is -0.331 e. The predicted molar refractivity (Wildman–Crippen MR) is 164 cm³/mol. The molecule has 2 aliphatic rings. The van der Waals surface area contributed by atoms with Crippen molar-refractivity contribution in [1.82, 2.24) is 9.80 Å². The summed E-state index contributed by atoms with van der Waals surface area (Å²) in [6.45, 7) is 2.72. The van der Waals surface area contributed by atoms with E-state index >= 15 is 0 Å². The number of amides is 4. The highest BCUT2D eigenvalue weighted by molar-refractivity contribution is 5.98. The molecule has 3 aromatic carbocycles. The molecular formula is C34H36N4O4. The maximum absolute atomic E-state index is 13.0. The quantitative estimate of drug-likeness (QED) is 0.377. The predicted octanol–water partition coefficient (Wildman–Crippen LogP) is 4.98. The van der Waals surface area contributed by atoms with Crippen LogP contribution in [0.25, 0.3) is 12.2 Å². The van der Waals surface area contributed by atoms with Gasteiger partial charge in [0.2, 0.25) is 23.6 Å². The van der Waals surface area contributed by atoms with E-state index in [4.69, 9.17) is 0 Å². The third-order valence-corrected chi connectivity index (χ3v) is 7.86. The second kappa shape index (κ2) is 13.3. The van der Waals surface area contributed by atoms with Gasteiger partial charge < -0.3 is 20.4 Å². The van der Waals surface area contributed by atoms with Crippen molar-refractivity contribution in [2.24, 2.45) is 0 Å². The van der Waals surface area contributed by atoms with Crippen LogP contribution in [0.5, 0.6) is 0 Å². The molecule has 0 unspecified atom stereocenters. The van der Waals surface area contributed by atoms with E-state index in [2.05, 4.69) is 10.6 Å². The van der Waals surface area contributed by atoms with Crippen LogP contribution in [0.4, 0.5) is 11.4 Å². The summed E-state index contributed by atoms with van der Waals surface area (Å²) in [5.41, 5.74) is 4.26. The molecule has 8 heteroatoms. The van der Waals surface area contributed by atoms with Gasteiger partial charge in [-0.2, -0.15) is 0 Å². The smallest absolute Gasteiger partial charge is 0.247 e. The van der Waals surface area contributed by atoms with Crippen LogP contribution in [0.3, 0.4) is 0 Å². The summed E-state index contributed by atoms with van der Waals surface area (Å²) in [6, 6.07) is 23.8. The van der Waals surface area contributed by atoms with Gasteiger partial charge in [0.25, 0.3) is 0 Å². The Balaban J connectivity index is 1.12. The number of benzene rings is 3. The summed E-state index contributed by atoms with van der Waals surface area (Å²) in [4.78, 5) is 53.6. The Bertz CT molecular complexity index is 1450. The van der Waals surface area contributed by atoms with Gasteiger partial charge in [-0.05, 0) is 66.6 Å². The average Bonchev–Trinajstić information content (AvgIpc) is 3.69. The molecule has 0 radical (unpaired) electrons. The van der Waals surface area contributed by atoms with Gasteiger partial charge in [0.05, 0.1) is 6.42 Å². The Labute approximate surface area is 246 Å². The lowest BCUT2D eigenvalue weighted by atomic mass is 10.1. The van der Waals surface area contributed by atoms with Gasteiger partial charge in [0, 0.05) is 31.4 Å². The topological polar surface area (TPSA) is 98.8 Å². The zero-order valence-corrected chi connectivity index (χ0v) is 23.8. The van der Waals surface area contributed by atoms with Gasteiger partial charge in [-0.25, -0.2) is 0 Å². The van der Waals surface area contributed by atoms with Crippen LogP contribution in [0, 0.1) is 0 Å². The lowest BCUT2D eigenvalue weighted by Gasteiger charge is -2.24. The number of hydrogen-bond donors (Lipinski definition) is 2. The van der Waals surface area contributed by atoms with Crippen molar-refractivity contribution in [3.8, 4) is 0 Å². The molecule has 8 nitrogen and oxygen atoms in total. The Hall–Kier alpha value is -4.72. The molecule has 2 saturated heterocycles. The van der Waals surface area contributed by atoms with E-state index in [1.54, 1.807) is 9.80 Å². The molecule has 5 rings (SSSR count). The lowest BCUT2D eigenvalue weighted by molar-refractivity contribution is -0.136. The third kappa shape index (κ3) is 7.13. The molecule has 2 N–H and O–H groups in total. The highest BCUT2D eigenvalue weighted by Crippen LogP contribution is 2.22. The first-order valence-electron chi connectivity index (χ1n) is 14.5. The first-order chi connectivity index (χ1) is 20.4. The normalized spacial score (nSPS) is 18.3. The Morgan fingerprint density at radius 3 is 1.67 bits per heavy atom. The van der Waals surface area contributed by atoms with Gasteiger partial charge in [0.15, 0.2) is 0 Å².